The van der Waals surface area contributed by atoms with Crippen molar-refractivity contribution in [3.8, 4) is 0 Å². The third kappa shape index (κ3) is 7.41. The highest BCUT2D eigenvalue weighted by Crippen LogP contribution is 2.33. The Bertz CT molecular complexity index is 1000. The van der Waals surface area contributed by atoms with Crippen LogP contribution in [0.3, 0.4) is 0 Å². The minimum atomic E-state index is -4.61. The van der Waals surface area contributed by atoms with E-state index in [0.29, 0.717) is 12.2 Å². The summed E-state index contributed by atoms with van der Waals surface area (Å²) in [7, 11) is 1.14. The molecule has 176 valence electrons. The smallest absolute Gasteiger partial charge is 0.416 e. The Balaban J connectivity index is 2.51. The molecule has 6 nitrogen and oxygen atoms in total. The van der Waals surface area contributed by atoms with Crippen molar-refractivity contribution in [2.75, 3.05) is 13.7 Å². The van der Waals surface area contributed by atoms with Crippen LogP contribution in [-0.4, -0.2) is 25.8 Å². The molecule has 0 fully saturated rings. The van der Waals surface area contributed by atoms with Crippen molar-refractivity contribution in [1.29, 1.82) is 0 Å². The molecule has 0 bridgehead atoms. The molecule has 0 saturated heterocycles. The van der Waals surface area contributed by atoms with Gasteiger partial charge in [0.1, 0.15) is 6.61 Å². The average molecular weight is 462 g/mol. The first-order chi connectivity index (χ1) is 15.7. The molecule has 0 spiro atoms. The first-order valence-corrected chi connectivity index (χ1v) is 9.95. The first-order valence-electron chi connectivity index (χ1n) is 9.95. The summed E-state index contributed by atoms with van der Waals surface area (Å²) in [5, 5.41) is 5.54. The van der Waals surface area contributed by atoms with E-state index in [0.717, 1.165) is 24.8 Å². The molecule has 2 aromatic carbocycles. The maximum absolute atomic E-state index is 13.3. The summed E-state index contributed by atoms with van der Waals surface area (Å²) in [6, 6.07) is 12.4. The fourth-order valence-corrected chi connectivity index (χ4v) is 3.03. The van der Waals surface area contributed by atoms with Crippen molar-refractivity contribution in [3.05, 3.63) is 95.2 Å². The largest absolute Gasteiger partial charge is 0.466 e. The summed E-state index contributed by atoms with van der Waals surface area (Å²) >= 11 is 0. The molecule has 1 amide bonds. The van der Waals surface area contributed by atoms with Crippen LogP contribution in [0.5, 0.6) is 0 Å². The molecular weight excluding hydrogens is 437 g/mol. The number of alkyl carbamates (subject to hydrolysis) is 1. The number of rotatable bonds is 9. The van der Waals surface area contributed by atoms with Crippen molar-refractivity contribution >= 4 is 12.1 Å². The van der Waals surface area contributed by atoms with Crippen LogP contribution in [-0.2, 0) is 27.0 Å². The quantitative estimate of drug-likeness (QED) is 0.315. The van der Waals surface area contributed by atoms with Gasteiger partial charge in [-0.2, -0.15) is 13.2 Å². The number of alkyl halides is 3. The van der Waals surface area contributed by atoms with Gasteiger partial charge in [0.2, 0.25) is 0 Å². The topological polar surface area (TPSA) is 76.7 Å². The Labute approximate surface area is 190 Å². The van der Waals surface area contributed by atoms with E-state index >= 15 is 0 Å². The summed E-state index contributed by atoms with van der Waals surface area (Å²) in [6.07, 6.45) is -4.21. The number of methoxy groups -OCH3 is 1. The lowest BCUT2D eigenvalue weighted by Gasteiger charge is -2.24. The minimum absolute atomic E-state index is 0.0293. The number of allylic oxidation sites excluding steroid dienone is 1. The number of benzene rings is 2. The maximum Gasteiger partial charge on any atom is 0.416 e. The lowest BCUT2D eigenvalue weighted by Crippen LogP contribution is -2.35. The highest BCUT2D eigenvalue weighted by atomic mass is 19.4. The first kappa shape index (κ1) is 25.5. The van der Waals surface area contributed by atoms with Crippen LogP contribution in [0.2, 0.25) is 0 Å². The van der Waals surface area contributed by atoms with Gasteiger partial charge in [0.15, 0.2) is 0 Å². The van der Waals surface area contributed by atoms with Crippen LogP contribution in [0.1, 0.15) is 29.7 Å². The number of ether oxygens (including phenoxy) is 2. The van der Waals surface area contributed by atoms with E-state index in [9.17, 15) is 22.8 Å². The number of amides is 1. The molecule has 0 aliphatic heterocycles. The second kappa shape index (κ2) is 11.8. The lowest BCUT2D eigenvalue weighted by atomic mass is 9.95. The molecule has 2 rings (SSSR count). The molecule has 0 aliphatic rings. The van der Waals surface area contributed by atoms with Crippen molar-refractivity contribution in [3.63, 3.8) is 0 Å². The van der Waals surface area contributed by atoms with Crippen LogP contribution < -0.4 is 10.6 Å². The van der Waals surface area contributed by atoms with E-state index in [2.05, 4.69) is 17.2 Å². The zero-order valence-corrected chi connectivity index (χ0v) is 18.2. The third-order valence-electron chi connectivity index (χ3n) is 4.64. The van der Waals surface area contributed by atoms with Crippen LogP contribution >= 0.6 is 0 Å². The minimum Gasteiger partial charge on any atom is -0.466 e. The molecule has 0 radical (unpaired) electrons. The van der Waals surface area contributed by atoms with Crippen molar-refractivity contribution in [2.24, 2.45) is 0 Å². The predicted molar refractivity (Wildman–Crippen MR) is 117 cm³/mol. The predicted octanol–water partition coefficient (Wildman–Crippen LogP) is 4.90. The van der Waals surface area contributed by atoms with Gasteiger partial charge in [-0.05, 0) is 30.2 Å². The van der Waals surface area contributed by atoms with Crippen LogP contribution in [0.4, 0.5) is 18.0 Å². The van der Waals surface area contributed by atoms with Gasteiger partial charge in [0.25, 0.3) is 0 Å². The van der Waals surface area contributed by atoms with Crippen molar-refractivity contribution in [1.82, 2.24) is 10.6 Å². The molecule has 9 heteroatoms. The molecule has 0 aliphatic carbocycles. The molecule has 2 N–H and O–H groups in total. The van der Waals surface area contributed by atoms with E-state index in [1.54, 1.807) is 6.92 Å². The number of carbonyl (C=O) groups is 2. The van der Waals surface area contributed by atoms with E-state index in [-0.39, 0.29) is 17.7 Å². The number of esters is 1. The second-order valence-corrected chi connectivity index (χ2v) is 6.96. The van der Waals surface area contributed by atoms with E-state index < -0.39 is 29.8 Å². The normalized spacial score (nSPS) is 12.8. The van der Waals surface area contributed by atoms with Crippen LogP contribution in [0.25, 0.3) is 0 Å². The van der Waals surface area contributed by atoms with Crippen LogP contribution in [0, 0.1) is 0 Å². The van der Waals surface area contributed by atoms with Gasteiger partial charge in [-0.15, -0.1) is 0 Å². The fraction of sp³-hybridized carbons (Fsp3) is 0.250. The third-order valence-corrected chi connectivity index (χ3v) is 4.64. The van der Waals surface area contributed by atoms with Gasteiger partial charge < -0.3 is 20.1 Å². The Morgan fingerprint density at radius 3 is 2.42 bits per heavy atom. The van der Waals surface area contributed by atoms with Crippen LogP contribution in [0.15, 0.2) is 78.5 Å². The molecule has 33 heavy (non-hydrogen) atoms. The number of nitrogens with one attached hydrogen (secondary N) is 2. The molecule has 0 heterocycles. The van der Waals surface area contributed by atoms with Gasteiger partial charge in [0.05, 0.1) is 24.3 Å². The van der Waals surface area contributed by atoms with Crippen molar-refractivity contribution in [2.45, 2.75) is 25.7 Å². The van der Waals surface area contributed by atoms with Gasteiger partial charge >= 0.3 is 18.2 Å². The van der Waals surface area contributed by atoms with Gasteiger partial charge in [-0.3, -0.25) is 0 Å². The molecule has 2 aromatic rings. The van der Waals surface area contributed by atoms with Gasteiger partial charge in [-0.1, -0.05) is 55.1 Å². The Morgan fingerprint density at radius 1 is 1.12 bits per heavy atom. The zero-order chi connectivity index (χ0) is 24.4. The Morgan fingerprint density at radius 2 is 1.82 bits per heavy atom. The summed E-state index contributed by atoms with van der Waals surface area (Å²) < 4.78 is 49.8. The van der Waals surface area contributed by atoms with E-state index in [1.165, 1.54) is 18.2 Å². The number of halogens is 3. The molecule has 0 saturated carbocycles. The monoisotopic (exact) mass is 462 g/mol. The molecule has 0 aromatic heterocycles. The number of hydrogen-bond donors (Lipinski definition) is 2. The highest BCUT2D eigenvalue weighted by molar-refractivity contribution is 5.91. The van der Waals surface area contributed by atoms with E-state index in [1.807, 2.05) is 30.3 Å². The average Bonchev–Trinajstić information content (AvgIpc) is 2.81. The summed E-state index contributed by atoms with van der Waals surface area (Å²) in [4.78, 5) is 25.0. The Hall–Kier alpha value is -3.75. The number of hydrogen-bond acceptors (Lipinski definition) is 5. The SMILES string of the molecule is C=CCOC(=O)N[C@H](C(C(=O)OC)=C(C)NCc1ccccc1)c1cccc(C(F)(F)F)c1. The summed E-state index contributed by atoms with van der Waals surface area (Å²) in [5.74, 6) is -0.820. The standard InChI is InChI=1S/C24H25F3N2O4/c1-4-13-33-23(31)29-21(18-11-8-12-19(14-18)24(25,26)27)20(22(30)32-3)16(2)28-15-17-9-6-5-7-10-17/h4-12,14,21,28H,1,13,15H2,2-3H3,(H,29,31)/t21-/m0/s1. The van der Waals surface area contributed by atoms with Crippen molar-refractivity contribution < 1.29 is 32.2 Å². The fourth-order valence-electron chi connectivity index (χ4n) is 3.03. The number of carbonyl (C=O) groups excluding carboxylic acids is 2. The molecule has 0 unspecified atom stereocenters. The second-order valence-electron chi connectivity index (χ2n) is 6.96. The molecular formula is C24H25F3N2O4. The lowest BCUT2D eigenvalue weighted by molar-refractivity contribution is -0.137. The summed E-state index contributed by atoms with van der Waals surface area (Å²) in [5.41, 5.74) is 0.266. The summed E-state index contributed by atoms with van der Waals surface area (Å²) in [6.45, 7) is 5.23. The Kier molecular flexibility index (Phi) is 9.08. The zero-order valence-electron chi connectivity index (χ0n) is 18.2. The maximum atomic E-state index is 13.3. The van der Waals surface area contributed by atoms with Gasteiger partial charge in [0, 0.05) is 12.2 Å². The highest BCUT2D eigenvalue weighted by Gasteiger charge is 2.33. The van der Waals surface area contributed by atoms with E-state index in [4.69, 9.17) is 9.47 Å². The molecule has 1 atom stereocenters. The van der Waals surface area contributed by atoms with Gasteiger partial charge in [-0.25, -0.2) is 9.59 Å².